The van der Waals surface area contributed by atoms with Crippen LogP contribution in [0.5, 0.6) is 0 Å². The number of rotatable bonds is 7. The number of piperazine rings is 1. The zero-order chi connectivity index (χ0) is 22.6. The van der Waals surface area contributed by atoms with Crippen LogP contribution in [0.3, 0.4) is 0 Å². The number of hydrogen-bond acceptors (Lipinski definition) is 5. The Hall–Kier alpha value is -2.45. The maximum absolute atomic E-state index is 13.2. The Morgan fingerprint density at radius 1 is 1.32 bits per heavy atom. The lowest BCUT2D eigenvalue weighted by molar-refractivity contribution is -0.121. The van der Waals surface area contributed by atoms with Crippen molar-refractivity contribution in [3.05, 3.63) is 53.3 Å². The molecule has 1 heterocycles. The van der Waals surface area contributed by atoms with Crippen LogP contribution in [0.2, 0.25) is 0 Å². The molecular weight excluding hydrogens is 436 g/mol. The first kappa shape index (κ1) is 23.2. The summed E-state index contributed by atoms with van der Waals surface area (Å²) in [5.74, 6) is 0.890. The molecule has 0 bridgehead atoms. The molecule has 1 aromatic carbocycles. The fourth-order valence-corrected chi connectivity index (χ4v) is 4.36. The monoisotopic (exact) mass is 462 g/mol. The molecule has 1 aromatic rings. The van der Waals surface area contributed by atoms with Gasteiger partial charge in [-0.3, -0.25) is 14.7 Å². The van der Waals surface area contributed by atoms with E-state index >= 15 is 0 Å². The summed E-state index contributed by atoms with van der Waals surface area (Å²) < 4.78 is 23.9. The number of aliphatic imine (C=N–C) groups is 2. The van der Waals surface area contributed by atoms with E-state index in [1.165, 1.54) is 6.42 Å². The average molecular weight is 463 g/mol. The number of halogens is 1. The molecule has 0 radical (unpaired) electrons. The smallest absolute Gasteiger partial charge is 0.294 e. The maximum atomic E-state index is 13.2. The molecule has 0 unspecified atom stereocenters. The van der Waals surface area contributed by atoms with Gasteiger partial charge in [-0.15, -0.1) is 0 Å². The van der Waals surface area contributed by atoms with Gasteiger partial charge in [0.1, 0.15) is 5.16 Å². The van der Waals surface area contributed by atoms with Crippen molar-refractivity contribution in [2.24, 2.45) is 15.9 Å². The van der Waals surface area contributed by atoms with Gasteiger partial charge >= 0.3 is 0 Å². The third-order valence-corrected chi connectivity index (χ3v) is 7.30. The van der Waals surface area contributed by atoms with Crippen LogP contribution in [0.25, 0.3) is 0 Å². The predicted octanol–water partition coefficient (Wildman–Crippen LogP) is 3.62. The number of carbonyl (C=O) groups is 1. The molecule has 1 saturated carbocycles. The molecule has 0 atom stereocenters. The van der Waals surface area contributed by atoms with Crippen LogP contribution >= 0.6 is 11.6 Å². The summed E-state index contributed by atoms with van der Waals surface area (Å²) in [7, 11) is -3.25. The van der Waals surface area contributed by atoms with Gasteiger partial charge in [-0.05, 0) is 43.4 Å². The van der Waals surface area contributed by atoms with Gasteiger partial charge < -0.3 is 5.32 Å². The number of carbonyl (C=O) groups excluding carboxylic acids is 1. The highest BCUT2D eigenvalue weighted by Crippen LogP contribution is 2.28. The van der Waals surface area contributed by atoms with Crippen molar-refractivity contribution in [3.63, 3.8) is 0 Å². The molecule has 1 aliphatic carbocycles. The molecule has 2 aliphatic rings. The second kappa shape index (κ2) is 9.78. The van der Waals surface area contributed by atoms with Gasteiger partial charge in [-0.1, -0.05) is 49.7 Å². The van der Waals surface area contributed by atoms with Crippen molar-refractivity contribution in [3.8, 4) is 0 Å². The summed E-state index contributed by atoms with van der Waals surface area (Å²) in [5, 5.41) is 3.16. The van der Waals surface area contributed by atoms with Crippen molar-refractivity contribution in [2.75, 3.05) is 12.3 Å². The largest absolute Gasteiger partial charge is 0.333 e. The average Bonchev–Trinajstić information content (AvgIpc) is 2.71. The highest BCUT2D eigenvalue weighted by molar-refractivity contribution is 7.91. The van der Waals surface area contributed by atoms with Crippen LogP contribution in [0.4, 0.5) is 0 Å². The van der Waals surface area contributed by atoms with Crippen LogP contribution in [0.1, 0.15) is 38.7 Å². The highest BCUT2D eigenvalue weighted by atomic mass is 35.5. The van der Waals surface area contributed by atoms with E-state index in [-0.39, 0.29) is 34.1 Å². The van der Waals surface area contributed by atoms with Crippen LogP contribution in [-0.4, -0.2) is 43.2 Å². The number of sulfone groups is 1. The minimum absolute atomic E-state index is 0.0502. The third kappa shape index (κ3) is 5.43. The highest BCUT2D eigenvalue weighted by Gasteiger charge is 2.35. The normalized spacial score (nSPS) is 21.5. The summed E-state index contributed by atoms with van der Waals surface area (Å²) in [6, 6.07) is 6.57. The fraction of sp³-hybridized carbons (Fsp3) is 0.409. The van der Waals surface area contributed by atoms with Crippen molar-refractivity contribution < 1.29 is 13.2 Å². The molecule has 31 heavy (non-hydrogen) atoms. The number of amides is 1. The number of nitrogens with one attached hydrogen (secondary N) is 1. The number of allylic oxidation sites excluding steroid dienone is 1. The molecule has 166 valence electrons. The second-order valence-electron chi connectivity index (χ2n) is 7.56. The Bertz CT molecular complexity index is 1050. The zero-order valence-electron chi connectivity index (χ0n) is 17.8. The Kier molecular flexibility index (Phi) is 7.33. The van der Waals surface area contributed by atoms with E-state index < -0.39 is 9.84 Å². The van der Waals surface area contributed by atoms with Crippen molar-refractivity contribution >= 4 is 39.0 Å². The minimum atomic E-state index is -3.25. The van der Waals surface area contributed by atoms with E-state index in [2.05, 4.69) is 21.9 Å². The van der Waals surface area contributed by atoms with Gasteiger partial charge in [0.2, 0.25) is 0 Å². The maximum Gasteiger partial charge on any atom is 0.294 e. The molecule has 3 rings (SSSR count). The molecule has 7 nitrogen and oxygen atoms in total. The lowest BCUT2D eigenvalue weighted by atomic mass is 9.85. The first-order valence-electron chi connectivity index (χ1n) is 10.3. The lowest BCUT2D eigenvalue weighted by Gasteiger charge is -2.36. The van der Waals surface area contributed by atoms with Gasteiger partial charge in [0.05, 0.1) is 22.9 Å². The third-order valence-electron chi connectivity index (χ3n) is 5.46. The van der Waals surface area contributed by atoms with E-state index in [1.54, 1.807) is 36.1 Å². The molecular formula is C22H27ClN4O3S. The quantitative estimate of drug-likeness (QED) is 0.626. The fourth-order valence-electron chi connectivity index (χ4n) is 3.39. The number of benzene rings is 1. The van der Waals surface area contributed by atoms with Crippen LogP contribution < -0.4 is 5.32 Å². The molecule has 1 N–H and O–H groups in total. The molecule has 2 fully saturated rings. The van der Waals surface area contributed by atoms with Gasteiger partial charge in [0.25, 0.3) is 5.91 Å². The minimum Gasteiger partial charge on any atom is -0.333 e. The van der Waals surface area contributed by atoms with Gasteiger partial charge in [0.15, 0.2) is 21.5 Å². The topological polar surface area (TPSA) is 91.2 Å². The van der Waals surface area contributed by atoms with Gasteiger partial charge in [-0.25, -0.2) is 13.4 Å². The van der Waals surface area contributed by atoms with Crippen LogP contribution in [0, 0.1) is 5.92 Å². The Morgan fingerprint density at radius 2 is 2.00 bits per heavy atom. The van der Waals surface area contributed by atoms with E-state index in [9.17, 15) is 13.2 Å². The van der Waals surface area contributed by atoms with Crippen LogP contribution in [-0.2, 0) is 21.2 Å². The number of hydrogen-bond donors (Lipinski definition) is 1. The SMILES string of the molecule is C=C(Cl)N=C1/C(=C\C)NC(=NCc2ccc(S(=O)(=O)CC)cc2)C(=O)N1CC1CCC1. The zero-order valence-corrected chi connectivity index (χ0v) is 19.3. The van der Waals surface area contributed by atoms with Crippen molar-refractivity contribution in [1.29, 1.82) is 0 Å². The lowest BCUT2D eigenvalue weighted by Crippen LogP contribution is -2.56. The van der Waals surface area contributed by atoms with Gasteiger partial charge in [-0.2, -0.15) is 0 Å². The summed E-state index contributed by atoms with van der Waals surface area (Å²) in [4.78, 5) is 23.8. The molecule has 0 aromatic heterocycles. The second-order valence-corrected chi connectivity index (χ2v) is 10.3. The van der Waals surface area contributed by atoms with E-state index in [0.29, 0.717) is 24.0 Å². The van der Waals surface area contributed by atoms with Crippen LogP contribution in [0.15, 0.2) is 62.7 Å². The van der Waals surface area contributed by atoms with E-state index in [0.717, 1.165) is 18.4 Å². The van der Waals surface area contributed by atoms with E-state index in [4.69, 9.17) is 11.6 Å². The summed E-state index contributed by atoms with van der Waals surface area (Å²) in [6.07, 6.45) is 5.15. The van der Waals surface area contributed by atoms with Crippen molar-refractivity contribution in [2.45, 2.75) is 44.6 Å². The number of amidine groups is 2. The molecule has 9 heteroatoms. The van der Waals surface area contributed by atoms with Crippen molar-refractivity contribution in [1.82, 2.24) is 10.2 Å². The summed E-state index contributed by atoms with van der Waals surface area (Å²) in [6.45, 7) is 7.88. The molecule has 1 aliphatic heterocycles. The Balaban J connectivity index is 1.84. The Labute approximate surface area is 188 Å². The summed E-state index contributed by atoms with van der Waals surface area (Å²) in [5.41, 5.74) is 1.45. The molecule has 0 spiro atoms. The molecule has 1 amide bonds. The molecule has 1 saturated heterocycles. The predicted molar refractivity (Wildman–Crippen MR) is 124 cm³/mol. The van der Waals surface area contributed by atoms with Gasteiger partial charge in [0, 0.05) is 6.54 Å². The van der Waals surface area contributed by atoms with E-state index in [1.807, 2.05) is 13.0 Å². The number of nitrogens with zero attached hydrogens (tertiary/aromatic N) is 3. The summed E-state index contributed by atoms with van der Waals surface area (Å²) >= 11 is 5.92. The first-order valence-corrected chi connectivity index (χ1v) is 12.3. The first-order chi connectivity index (χ1) is 14.7. The Morgan fingerprint density at radius 3 is 2.52 bits per heavy atom. The standard InChI is InChI=1S/C22H27ClN4O3S/c1-4-19-21(25-15(3)23)27(14-17-7-6-8-17)22(28)20(26-19)24-13-16-9-11-18(12-10-16)31(29,30)5-2/h4,9-12,17H,3,5-8,13-14H2,1-2H3,(H,24,26)/b19-4+,25-21?.